The number of carbonyl (C=O) groups excluding carboxylic acids is 1. The molecule has 4 nitrogen and oxygen atoms in total. The number of hydrogen-bond acceptors (Lipinski definition) is 3. The highest BCUT2D eigenvalue weighted by Gasteiger charge is 2.10. The molecule has 0 aromatic rings. The lowest BCUT2D eigenvalue weighted by Gasteiger charge is -2.11. The molecule has 0 aromatic carbocycles. The highest BCUT2D eigenvalue weighted by atomic mass is 16.1. The molecule has 1 atom stereocenters. The van der Waals surface area contributed by atoms with Crippen molar-refractivity contribution < 1.29 is 4.79 Å². The third-order valence-corrected chi connectivity index (χ3v) is 1.86. The number of rotatable bonds is 7. The lowest BCUT2D eigenvalue weighted by atomic mass is 10.1. The average Bonchev–Trinajstić information content (AvgIpc) is 2.04. The molecule has 0 saturated carbocycles. The maximum Gasteiger partial charge on any atom is 0.234 e. The number of carbonyl (C=O) groups is 1. The summed E-state index contributed by atoms with van der Waals surface area (Å²) in [5.41, 5.74) is 5.14. The van der Waals surface area contributed by atoms with Crippen LogP contribution in [0.15, 0.2) is 0 Å². The number of amides is 1. The van der Waals surface area contributed by atoms with Crippen LogP contribution in [0.25, 0.3) is 0 Å². The summed E-state index contributed by atoms with van der Waals surface area (Å²) in [5.74, 6) is -0.262. The molecule has 12 heavy (non-hydrogen) atoms. The normalized spacial score (nSPS) is 12.8. The van der Waals surface area contributed by atoms with Crippen LogP contribution in [0.1, 0.15) is 19.3 Å². The second-order valence-electron chi connectivity index (χ2n) is 2.84. The first-order chi connectivity index (χ1) is 5.72. The molecule has 0 aliphatic carbocycles. The minimum absolute atomic E-state index is 0.165. The van der Waals surface area contributed by atoms with Gasteiger partial charge in [-0.3, -0.25) is 4.79 Å². The molecule has 0 spiro atoms. The Bertz CT molecular complexity index is 127. The van der Waals surface area contributed by atoms with E-state index in [2.05, 4.69) is 10.6 Å². The number of likely N-dealkylation sites (N-methyl/N-ethyl adjacent to an activating group) is 1. The topological polar surface area (TPSA) is 67.2 Å². The van der Waals surface area contributed by atoms with Gasteiger partial charge in [0.2, 0.25) is 5.91 Å². The summed E-state index contributed by atoms with van der Waals surface area (Å²) in [5, 5.41) is 5.94. The van der Waals surface area contributed by atoms with Crippen molar-refractivity contribution in [1.82, 2.24) is 10.6 Å². The fourth-order valence-electron chi connectivity index (χ4n) is 1.08. The molecule has 0 aromatic heterocycles. The van der Waals surface area contributed by atoms with E-state index in [4.69, 9.17) is 5.73 Å². The van der Waals surface area contributed by atoms with Crippen LogP contribution in [-0.4, -0.2) is 32.6 Å². The SMILES string of the molecule is CNCCCCC(NC)C(N)=O. The summed E-state index contributed by atoms with van der Waals surface area (Å²) in [7, 11) is 3.68. The molecule has 0 aliphatic rings. The minimum atomic E-state index is -0.262. The number of unbranched alkanes of at least 4 members (excludes halogenated alkanes) is 1. The van der Waals surface area contributed by atoms with Gasteiger partial charge in [-0.1, -0.05) is 6.42 Å². The van der Waals surface area contributed by atoms with Gasteiger partial charge < -0.3 is 16.4 Å². The Morgan fingerprint density at radius 3 is 2.50 bits per heavy atom. The quantitative estimate of drug-likeness (QED) is 0.452. The van der Waals surface area contributed by atoms with E-state index in [1.165, 1.54) is 0 Å². The third kappa shape index (κ3) is 5.09. The fraction of sp³-hybridized carbons (Fsp3) is 0.875. The average molecular weight is 173 g/mol. The predicted molar refractivity (Wildman–Crippen MR) is 49.8 cm³/mol. The van der Waals surface area contributed by atoms with Gasteiger partial charge in [0.05, 0.1) is 6.04 Å². The molecule has 0 bridgehead atoms. The van der Waals surface area contributed by atoms with Gasteiger partial charge in [-0.15, -0.1) is 0 Å². The van der Waals surface area contributed by atoms with Gasteiger partial charge in [0, 0.05) is 0 Å². The number of primary amides is 1. The molecular formula is C8H19N3O. The van der Waals surface area contributed by atoms with Gasteiger partial charge in [-0.05, 0) is 33.5 Å². The molecular weight excluding hydrogens is 154 g/mol. The van der Waals surface area contributed by atoms with Crippen molar-refractivity contribution in [1.29, 1.82) is 0 Å². The van der Waals surface area contributed by atoms with Crippen LogP contribution in [0.5, 0.6) is 0 Å². The lowest BCUT2D eigenvalue weighted by molar-refractivity contribution is -0.120. The van der Waals surface area contributed by atoms with E-state index < -0.39 is 0 Å². The molecule has 0 saturated heterocycles. The summed E-state index contributed by atoms with van der Waals surface area (Å²) in [6, 6.07) is -0.165. The van der Waals surface area contributed by atoms with Crippen molar-refractivity contribution in [2.75, 3.05) is 20.6 Å². The number of hydrogen-bond donors (Lipinski definition) is 3. The van der Waals surface area contributed by atoms with E-state index in [1.54, 1.807) is 7.05 Å². The summed E-state index contributed by atoms with van der Waals surface area (Å²) in [6.07, 6.45) is 2.94. The van der Waals surface area contributed by atoms with E-state index in [0.29, 0.717) is 0 Å². The highest BCUT2D eigenvalue weighted by molar-refractivity contribution is 5.79. The Morgan fingerprint density at radius 2 is 2.08 bits per heavy atom. The van der Waals surface area contributed by atoms with Crippen LogP contribution in [0.3, 0.4) is 0 Å². The molecule has 0 heterocycles. The number of nitrogens with two attached hydrogens (primary N) is 1. The van der Waals surface area contributed by atoms with Gasteiger partial charge in [-0.25, -0.2) is 0 Å². The Kier molecular flexibility index (Phi) is 6.70. The van der Waals surface area contributed by atoms with Gasteiger partial charge >= 0.3 is 0 Å². The van der Waals surface area contributed by atoms with Crippen molar-refractivity contribution in [3.05, 3.63) is 0 Å². The largest absolute Gasteiger partial charge is 0.368 e. The van der Waals surface area contributed by atoms with Gasteiger partial charge in [0.1, 0.15) is 0 Å². The van der Waals surface area contributed by atoms with E-state index >= 15 is 0 Å². The zero-order valence-corrected chi connectivity index (χ0v) is 7.89. The summed E-state index contributed by atoms with van der Waals surface area (Å²) in [6.45, 7) is 0.995. The standard InChI is InChI=1S/C8H19N3O/c1-10-6-4-3-5-7(11-2)8(9)12/h7,10-11H,3-6H2,1-2H3,(H2,9,12). The monoisotopic (exact) mass is 173 g/mol. The Labute approximate surface area is 73.9 Å². The summed E-state index contributed by atoms with van der Waals surface area (Å²) < 4.78 is 0. The first-order valence-electron chi connectivity index (χ1n) is 4.33. The fourth-order valence-corrected chi connectivity index (χ4v) is 1.08. The zero-order valence-electron chi connectivity index (χ0n) is 7.89. The molecule has 1 unspecified atom stereocenters. The molecule has 72 valence electrons. The maximum absolute atomic E-state index is 10.7. The van der Waals surface area contributed by atoms with Crippen molar-refractivity contribution >= 4 is 5.91 Å². The maximum atomic E-state index is 10.7. The van der Waals surface area contributed by atoms with Crippen LogP contribution in [0.2, 0.25) is 0 Å². The van der Waals surface area contributed by atoms with Crippen molar-refractivity contribution in [2.24, 2.45) is 5.73 Å². The lowest BCUT2D eigenvalue weighted by Crippen LogP contribution is -2.39. The number of nitrogens with one attached hydrogen (secondary N) is 2. The molecule has 0 radical (unpaired) electrons. The van der Waals surface area contributed by atoms with Crippen LogP contribution in [0, 0.1) is 0 Å². The van der Waals surface area contributed by atoms with Crippen LogP contribution in [-0.2, 0) is 4.79 Å². The van der Waals surface area contributed by atoms with Gasteiger partial charge in [0.15, 0.2) is 0 Å². The summed E-state index contributed by atoms with van der Waals surface area (Å²) >= 11 is 0. The smallest absolute Gasteiger partial charge is 0.234 e. The predicted octanol–water partition coefficient (Wildman–Crippen LogP) is -0.551. The van der Waals surface area contributed by atoms with Crippen molar-refractivity contribution in [3.8, 4) is 0 Å². The third-order valence-electron chi connectivity index (χ3n) is 1.86. The van der Waals surface area contributed by atoms with Crippen LogP contribution in [0.4, 0.5) is 0 Å². The molecule has 1 amide bonds. The Hall–Kier alpha value is -0.610. The van der Waals surface area contributed by atoms with Crippen LogP contribution >= 0.6 is 0 Å². The first-order valence-corrected chi connectivity index (χ1v) is 4.33. The highest BCUT2D eigenvalue weighted by Crippen LogP contribution is 1.98. The van der Waals surface area contributed by atoms with Gasteiger partial charge in [0.25, 0.3) is 0 Å². The first kappa shape index (κ1) is 11.4. The molecule has 4 N–H and O–H groups in total. The van der Waals surface area contributed by atoms with E-state index in [-0.39, 0.29) is 11.9 Å². The van der Waals surface area contributed by atoms with Gasteiger partial charge in [-0.2, -0.15) is 0 Å². The van der Waals surface area contributed by atoms with Crippen molar-refractivity contribution in [2.45, 2.75) is 25.3 Å². The van der Waals surface area contributed by atoms with E-state index in [1.807, 2.05) is 7.05 Å². The molecule has 0 aliphatic heterocycles. The Balaban J connectivity index is 3.38. The molecule has 0 fully saturated rings. The zero-order chi connectivity index (χ0) is 9.40. The van der Waals surface area contributed by atoms with Crippen LogP contribution < -0.4 is 16.4 Å². The van der Waals surface area contributed by atoms with E-state index in [9.17, 15) is 4.79 Å². The second kappa shape index (κ2) is 7.06. The Morgan fingerprint density at radius 1 is 1.42 bits per heavy atom. The minimum Gasteiger partial charge on any atom is -0.368 e. The van der Waals surface area contributed by atoms with E-state index in [0.717, 1.165) is 25.8 Å². The van der Waals surface area contributed by atoms with Crippen molar-refractivity contribution in [3.63, 3.8) is 0 Å². The summed E-state index contributed by atoms with van der Waals surface area (Å²) in [4.78, 5) is 10.7. The second-order valence-corrected chi connectivity index (χ2v) is 2.84. The molecule has 0 rings (SSSR count). The molecule has 4 heteroatoms.